The average molecular weight is 238 g/mol. The Morgan fingerprint density at radius 2 is 2.00 bits per heavy atom. The molecule has 17 heavy (non-hydrogen) atoms. The Labute approximate surface area is 101 Å². The summed E-state index contributed by atoms with van der Waals surface area (Å²) in [5, 5.41) is 17.7. The van der Waals surface area contributed by atoms with Crippen molar-refractivity contribution in [2.75, 3.05) is 6.61 Å². The summed E-state index contributed by atoms with van der Waals surface area (Å²) >= 11 is 0. The summed E-state index contributed by atoms with van der Waals surface area (Å²) in [6, 6.07) is 9.83. The second-order valence-corrected chi connectivity index (χ2v) is 3.93. The predicted molar refractivity (Wildman–Crippen MR) is 63.6 cm³/mol. The number of hydrogen-bond acceptors (Lipinski definition) is 3. The van der Waals surface area contributed by atoms with Gasteiger partial charge in [-0.05, 0) is 18.4 Å². The molecule has 1 rings (SSSR count). The third-order valence-electron chi connectivity index (χ3n) is 2.35. The van der Waals surface area contributed by atoms with E-state index in [0.29, 0.717) is 26.1 Å². The van der Waals surface area contributed by atoms with E-state index in [1.807, 2.05) is 30.3 Å². The number of rotatable bonds is 8. The van der Waals surface area contributed by atoms with Crippen molar-refractivity contribution in [3.8, 4) is 0 Å². The van der Waals surface area contributed by atoms with E-state index in [0.717, 1.165) is 5.56 Å². The van der Waals surface area contributed by atoms with Crippen molar-refractivity contribution >= 4 is 5.97 Å². The largest absolute Gasteiger partial charge is 0.481 e. The van der Waals surface area contributed by atoms with Crippen LogP contribution in [0.1, 0.15) is 24.8 Å². The molecule has 1 aromatic rings. The molecule has 4 heteroatoms. The molecule has 0 aliphatic rings. The number of carboxylic acids is 1. The van der Waals surface area contributed by atoms with Crippen molar-refractivity contribution < 1.29 is 19.7 Å². The van der Waals surface area contributed by atoms with Crippen molar-refractivity contribution in [1.29, 1.82) is 0 Å². The fourth-order valence-electron chi connectivity index (χ4n) is 1.49. The highest BCUT2D eigenvalue weighted by molar-refractivity contribution is 5.67. The molecule has 0 aromatic heterocycles. The smallest absolute Gasteiger partial charge is 0.305 e. The second kappa shape index (κ2) is 7.81. The minimum absolute atomic E-state index is 0.196. The maximum absolute atomic E-state index is 10.3. The Balaban J connectivity index is 2.03. The average Bonchev–Trinajstić information content (AvgIpc) is 2.29. The summed E-state index contributed by atoms with van der Waals surface area (Å²) in [5.74, 6) is -0.970. The van der Waals surface area contributed by atoms with E-state index in [1.165, 1.54) is 0 Å². The Kier molecular flexibility index (Phi) is 6.29. The van der Waals surface area contributed by atoms with Gasteiger partial charge < -0.3 is 14.9 Å². The molecular weight excluding hydrogens is 220 g/mol. The maximum Gasteiger partial charge on any atom is 0.305 e. The fourth-order valence-corrected chi connectivity index (χ4v) is 1.49. The van der Waals surface area contributed by atoms with Gasteiger partial charge in [0.15, 0.2) is 0 Å². The monoisotopic (exact) mass is 238 g/mol. The van der Waals surface area contributed by atoms with Gasteiger partial charge in [-0.1, -0.05) is 30.3 Å². The maximum atomic E-state index is 10.3. The van der Waals surface area contributed by atoms with Gasteiger partial charge in [0.25, 0.3) is 0 Å². The summed E-state index contributed by atoms with van der Waals surface area (Å²) in [6.07, 6.45) is 0.161. The number of aliphatic hydroxyl groups is 1. The van der Waals surface area contributed by atoms with Crippen LogP contribution in [0.5, 0.6) is 0 Å². The van der Waals surface area contributed by atoms with Crippen LogP contribution >= 0.6 is 0 Å². The van der Waals surface area contributed by atoms with Gasteiger partial charge in [0.2, 0.25) is 0 Å². The lowest BCUT2D eigenvalue weighted by Crippen LogP contribution is -2.13. The van der Waals surface area contributed by atoms with Crippen LogP contribution in [-0.4, -0.2) is 28.9 Å². The van der Waals surface area contributed by atoms with Crippen molar-refractivity contribution in [2.45, 2.75) is 32.0 Å². The van der Waals surface area contributed by atoms with E-state index in [2.05, 4.69) is 0 Å². The van der Waals surface area contributed by atoms with Crippen LogP contribution in [0.4, 0.5) is 0 Å². The first-order valence-electron chi connectivity index (χ1n) is 5.70. The zero-order chi connectivity index (χ0) is 12.5. The van der Waals surface area contributed by atoms with Gasteiger partial charge >= 0.3 is 5.97 Å². The molecule has 0 bridgehead atoms. The van der Waals surface area contributed by atoms with Gasteiger partial charge in [0.05, 0.1) is 19.1 Å². The third-order valence-corrected chi connectivity index (χ3v) is 2.35. The molecule has 0 spiro atoms. The summed E-state index contributed by atoms with van der Waals surface area (Å²) in [7, 11) is 0. The number of aliphatic carboxylic acids is 1. The Morgan fingerprint density at radius 1 is 1.29 bits per heavy atom. The first-order valence-corrected chi connectivity index (χ1v) is 5.70. The van der Waals surface area contributed by atoms with E-state index in [9.17, 15) is 9.90 Å². The van der Waals surface area contributed by atoms with Gasteiger partial charge in [0, 0.05) is 6.61 Å². The molecule has 0 amide bonds. The number of carboxylic acid groups (broad SMARTS) is 1. The zero-order valence-electron chi connectivity index (χ0n) is 9.71. The molecule has 0 radical (unpaired) electrons. The Bertz CT molecular complexity index is 323. The molecule has 1 aromatic carbocycles. The van der Waals surface area contributed by atoms with Gasteiger partial charge in [0.1, 0.15) is 0 Å². The van der Waals surface area contributed by atoms with Crippen molar-refractivity contribution in [1.82, 2.24) is 0 Å². The topological polar surface area (TPSA) is 66.8 Å². The van der Waals surface area contributed by atoms with E-state index < -0.39 is 12.1 Å². The number of hydrogen-bond donors (Lipinski definition) is 2. The van der Waals surface area contributed by atoms with Gasteiger partial charge in [-0.2, -0.15) is 0 Å². The van der Waals surface area contributed by atoms with Crippen molar-refractivity contribution in [3.63, 3.8) is 0 Å². The van der Waals surface area contributed by atoms with Crippen molar-refractivity contribution in [3.05, 3.63) is 35.9 Å². The van der Waals surface area contributed by atoms with Gasteiger partial charge in [-0.15, -0.1) is 0 Å². The third kappa shape index (κ3) is 6.71. The van der Waals surface area contributed by atoms with Crippen LogP contribution in [0.3, 0.4) is 0 Å². The fraction of sp³-hybridized carbons (Fsp3) is 0.462. The SMILES string of the molecule is O=C(O)C[C@@H](O)CCCOCc1ccccc1. The van der Waals surface area contributed by atoms with Gasteiger partial charge in [-0.25, -0.2) is 0 Å². The van der Waals surface area contributed by atoms with E-state index >= 15 is 0 Å². The quantitative estimate of drug-likeness (QED) is 0.678. The van der Waals surface area contributed by atoms with Crippen LogP contribution in [0.2, 0.25) is 0 Å². The Morgan fingerprint density at radius 3 is 2.65 bits per heavy atom. The van der Waals surface area contributed by atoms with Gasteiger partial charge in [-0.3, -0.25) is 4.79 Å². The molecule has 0 unspecified atom stereocenters. The minimum Gasteiger partial charge on any atom is -0.481 e. The zero-order valence-corrected chi connectivity index (χ0v) is 9.71. The molecule has 94 valence electrons. The number of benzene rings is 1. The number of carbonyl (C=O) groups is 1. The molecule has 4 nitrogen and oxygen atoms in total. The lowest BCUT2D eigenvalue weighted by atomic mass is 10.1. The summed E-state index contributed by atoms with van der Waals surface area (Å²) in [4.78, 5) is 10.3. The highest BCUT2D eigenvalue weighted by Crippen LogP contribution is 2.04. The second-order valence-electron chi connectivity index (χ2n) is 3.93. The van der Waals surface area contributed by atoms with Crippen LogP contribution in [0.25, 0.3) is 0 Å². The lowest BCUT2D eigenvalue weighted by Gasteiger charge is -2.08. The lowest BCUT2D eigenvalue weighted by molar-refractivity contribution is -0.139. The molecule has 0 aliphatic carbocycles. The molecule has 2 N–H and O–H groups in total. The first-order chi connectivity index (χ1) is 8.18. The van der Waals surface area contributed by atoms with Crippen LogP contribution in [-0.2, 0) is 16.1 Å². The molecule has 0 aliphatic heterocycles. The molecule has 0 fully saturated rings. The first kappa shape index (κ1) is 13.7. The number of aliphatic hydroxyl groups excluding tert-OH is 1. The van der Waals surface area contributed by atoms with Crippen LogP contribution in [0.15, 0.2) is 30.3 Å². The van der Waals surface area contributed by atoms with Crippen LogP contribution in [0, 0.1) is 0 Å². The normalized spacial score (nSPS) is 12.3. The van der Waals surface area contributed by atoms with Crippen LogP contribution < -0.4 is 0 Å². The van der Waals surface area contributed by atoms with E-state index in [4.69, 9.17) is 9.84 Å². The highest BCUT2D eigenvalue weighted by Gasteiger charge is 2.08. The molecule has 0 saturated carbocycles. The summed E-state index contributed by atoms with van der Waals surface area (Å²) in [6.45, 7) is 1.08. The predicted octanol–water partition coefficient (Wildman–Crippen LogP) is 1.82. The number of ether oxygens (including phenoxy) is 1. The summed E-state index contributed by atoms with van der Waals surface area (Å²) in [5.41, 5.74) is 1.11. The highest BCUT2D eigenvalue weighted by atomic mass is 16.5. The van der Waals surface area contributed by atoms with Crippen molar-refractivity contribution in [2.24, 2.45) is 0 Å². The van der Waals surface area contributed by atoms with E-state index in [-0.39, 0.29) is 6.42 Å². The Hall–Kier alpha value is -1.39. The molecular formula is C13H18O4. The molecule has 0 saturated heterocycles. The molecule has 0 heterocycles. The standard InChI is InChI=1S/C13H18O4/c14-12(9-13(15)16)7-4-8-17-10-11-5-2-1-3-6-11/h1-3,5-6,12,14H,4,7-10H2,(H,15,16)/t12-/m0/s1. The van der Waals surface area contributed by atoms with E-state index in [1.54, 1.807) is 0 Å². The minimum atomic E-state index is -0.970. The molecule has 1 atom stereocenters. The summed E-state index contributed by atoms with van der Waals surface area (Å²) < 4.78 is 5.42.